The van der Waals surface area contributed by atoms with Crippen LogP contribution in [0.1, 0.15) is 58.4 Å². The van der Waals surface area contributed by atoms with Crippen LogP contribution in [0.15, 0.2) is 52.8 Å². The lowest BCUT2D eigenvalue weighted by molar-refractivity contribution is -0.116. The first-order valence-corrected chi connectivity index (χ1v) is 12.4. The van der Waals surface area contributed by atoms with Gasteiger partial charge >= 0.3 is 0 Å². The van der Waals surface area contributed by atoms with Gasteiger partial charge in [-0.25, -0.2) is 0 Å². The van der Waals surface area contributed by atoms with Crippen LogP contribution in [-0.4, -0.2) is 50.1 Å². The van der Waals surface area contributed by atoms with Crippen molar-refractivity contribution in [2.45, 2.75) is 52.9 Å². The predicted molar refractivity (Wildman–Crippen MR) is 133 cm³/mol. The largest absolute Gasteiger partial charge is 0.378 e. The number of carbonyl (C=O) groups is 1. The summed E-state index contributed by atoms with van der Waals surface area (Å²) in [5.74, 6) is 0.952. The molecule has 1 aromatic carbocycles. The average Bonchev–Trinajstić information content (AvgIpc) is 3.20. The Balaban J connectivity index is 1.66. The number of ether oxygens (including phenoxy) is 1. The van der Waals surface area contributed by atoms with Crippen LogP contribution in [-0.2, 0) is 9.53 Å². The highest BCUT2D eigenvalue weighted by Crippen LogP contribution is 2.38. The highest BCUT2D eigenvalue weighted by molar-refractivity contribution is 5.96. The Bertz CT molecular complexity index is 900. The van der Waals surface area contributed by atoms with Crippen LogP contribution < -0.4 is 4.90 Å². The fourth-order valence-electron chi connectivity index (χ4n) is 5.24. The maximum atomic E-state index is 12.6. The fourth-order valence-corrected chi connectivity index (χ4v) is 5.24. The molecule has 0 aromatic heterocycles. The lowest BCUT2D eigenvalue weighted by atomic mass is 9.85. The molecule has 4 heteroatoms. The molecule has 2 aliphatic carbocycles. The molecule has 1 saturated carbocycles. The van der Waals surface area contributed by atoms with Gasteiger partial charge in [0.25, 0.3) is 0 Å². The van der Waals surface area contributed by atoms with E-state index in [0.717, 1.165) is 70.6 Å². The maximum Gasteiger partial charge on any atom is 0.158 e. The molecule has 0 N–H and O–H groups in total. The van der Waals surface area contributed by atoms with Gasteiger partial charge in [0.15, 0.2) is 5.78 Å². The van der Waals surface area contributed by atoms with E-state index in [1.54, 1.807) is 0 Å². The lowest BCUT2D eigenvalue weighted by Gasteiger charge is -2.31. The molecule has 1 saturated heterocycles. The van der Waals surface area contributed by atoms with Crippen molar-refractivity contribution in [1.82, 2.24) is 4.90 Å². The van der Waals surface area contributed by atoms with Crippen molar-refractivity contribution in [1.29, 1.82) is 0 Å². The van der Waals surface area contributed by atoms with Crippen LogP contribution >= 0.6 is 0 Å². The number of carbonyl (C=O) groups excluding carboxylic acids is 1. The number of benzene rings is 1. The van der Waals surface area contributed by atoms with Crippen molar-refractivity contribution in [3.63, 3.8) is 0 Å². The highest BCUT2D eigenvalue weighted by Gasteiger charge is 2.27. The minimum Gasteiger partial charge on any atom is -0.378 e. The third kappa shape index (κ3) is 5.17. The molecule has 0 unspecified atom stereocenters. The zero-order valence-electron chi connectivity index (χ0n) is 20.0. The molecule has 1 aliphatic heterocycles. The molecule has 1 heterocycles. The van der Waals surface area contributed by atoms with Gasteiger partial charge in [-0.2, -0.15) is 0 Å². The second-order valence-electron chi connectivity index (χ2n) is 9.35. The topological polar surface area (TPSA) is 32.8 Å². The minimum absolute atomic E-state index is 0.348. The molecule has 0 radical (unpaired) electrons. The molecular formula is C28H38N2O2. The number of Topliss-reactive ketones (excluding diaryl/α,β-unsaturated/α-hetero) is 1. The Morgan fingerprint density at radius 1 is 1.00 bits per heavy atom. The molecule has 1 aromatic rings. The predicted octanol–water partition coefficient (Wildman–Crippen LogP) is 5.61. The van der Waals surface area contributed by atoms with Crippen LogP contribution in [0.3, 0.4) is 0 Å². The summed E-state index contributed by atoms with van der Waals surface area (Å²) in [4.78, 5) is 17.4. The molecule has 3 aliphatic rings. The number of morpholine rings is 1. The third-order valence-corrected chi connectivity index (χ3v) is 7.10. The van der Waals surface area contributed by atoms with Gasteiger partial charge in [-0.15, -0.1) is 0 Å². The van der Waals surface area contributed by atoms with Crippen molar-refractivity contribution >= 4 is 17.5 Å². The molecule has 0 bridgehead atoms. The standard InChI is InChI=1S/C28H38N2O2/c1-4-29(5-2)26-11-7-22(8-12-26)19-23-9-10-24(28(23)30-14-16-32-17-15-30)20-25-18-21(3)6-13-27(25)31/h7-8,11-12,19-21H,4-6,9-10,13-18H2,1-3H3/b23-19+,25-20+/t21-/m1/s1. The van der Waals surface area contributed by atoms with Crippen LogP contribution in [0, 0.1) is 5.92 Å². The van der Waals surface area contributed by atoms with E-state index >= 15 is 0 Å². The molecule has 4 nitrogen and oxygen atoms in total. The van der Waals surface area contributed by atoms with Crippen molar-refractivity contribution in [2.75, 3.05) is 44.3 Å². The Morgan fingerprint density at radius 3 is 2.41 bits per heavy atom. The van der Waals surface area contributed by atoms with Gasteiger partial charge in [-0.3, -0.25) is 4.79 Å². The normalized spacial score (nSPS) is 24.7. The van der Waals surface area contributed by atoms with E-state index < -0.39 is 0 Å². The van der Waals surface area contributed by atoms with Gasteiger partial charge in [-0.05, 0) is 85.9 Å². The summed E-state index contributed by atoms with van der Waals surface area (Å²) in [6, 6.07) is 8.94. The summed E-state index contributed by atoms with van der Waals surface area (Å²) < 4.78 is 5.63. The lowest BCUT2D eigenvalue weighted by Crippen LogP contribution is -2.36. The minimum atomic E-state index is 0.348. The number of anilines is 1. The first-order chi connectivity index (χ1) is 15.6. The highest BCUT2D eigenvalue weighted by atomic mass is 16.5. The van der Waals surface area contributed by atoms with Gasteiger partial charge in [0.2, 0.25) is 0 Å². The first-order valence-electron chi connectivity index (χ1n) is 12.4. The summed E-state index contributed by atoms with van der Waals surface area (Å²) in [6.45, 7) is 12.1. The quantitative estimate of drug-likeness (QED) is 0.545. The molecular weight excluding hydrogens is 396 g/mol. The van der Waals surface area contributed by atoms with Gasteiger partial charge < -0.3 is 14.5 Å². The van der Waals surface area contributed by atoms with E-state index in [4.69, 9.17) is 4.74 Å². The second-order valence-corrected chi connectivity index (χ2v) is 9.35. The van der Waals surface area contributed by atoms with Gasteiger partial charge in [-0.1, -0.05) is 25.1 Å². The summed E-state index contributed by atoms with van der Waals surface area (Å²) >= 11 is 0. The van der Waals surface area contributed by atoms with Crippen molar-refractivity contribution in [3.05, 3.63) is 58.3 Å². The van der Waals surface area contributed by atoms with E-state index in [0.29, 0.717) is 18.1 Å². The summed E-state index contributed by atoms with van der Waals surface area (Å²) in [6.07, 6.45) is 9.30. The molecule has 2 fully saturated rings. The SMILES string of the molecule is CCN(CC)c1ccc(/C=C2\CCC(/C=C3\C[C@H](C)CCC3=O)=C2N2CCOCC2)cc1. The maximum absolute atomic E-state index is 12.6. The Morgan fingerprint density at radius 2 is 1.72 bits per heavy atom. The molecule has 0 amide bonds. The second kappa shape index (κ2) is 10.5. The average molecular weight is 435 g/mol. The van der Waals surface area contributed by atoms with Gasteiger partial charge in [0, 0.05) is 44.0 Å². The van der Waals surface area contributed by atoms with Crippen LogP contribution in [0.25, 0.3) is 6.08 Å². The van der Waals surface area contributed by atoms with E-state index in [-0.39, 0.29) is 0 Å². The molecule has 32 heavy (non-hydrogen) atoms. The van der Waals surface area contributed by atoms with Crippen molar-refractivity contribution in [3.8, 4) is 0 Å². The summed E-state index contributed by atoms with van der Waals surface area (Å²) in [5, 5.41) is 0. The van der Waals surface area contributed by atoms with E-state index in [9.17, 15) is 4.79 Å². The van der Waals surface area contributed by atoms with Crippen LogP contribution in [0.2, 0.25) is 0 Å². The Labute approximate surface area is 193 Å². The fraction of sp³-hybridized carbons (Fsp3) is 0.536. The number of hydrogen-bond acceptors (Lipinski definition) is 4. The van der Waals surface area contributed by atoms with Gasteiger partial charge in [0.05, 0.1) is 13.2 Å². The Kier molecular flexibility index (Phi) is 7.51. The smallest absolute Gasteiger partial charge is 0.158 e. The van der Waals surface area contributed by atoms with E-state index in [1.165, 1.54) is 28.1 Å². The third-order valence-electron chi connectivity index (χ3n) is 7.10. The molecule has 4 rings (SSSR count). The van der Waals surface area contributed by atoms with Crippen LogP contribution in [0.5, 0.6) is 0 Å². The van der Waals surface area contributed by atoms with Crippen molar-refractivity contribution < 1.29 is 9.53 Å². The van der Waals surface area contributed by atoms with Gasteiger partial charge in [0.1, 0.15) is 0 Å². The zero-order valence-corrected chi connectivity index (χ0v) is 20.0. The molecule has 0 spiro atoms. The number of ketones is 1. The van der Waals surface area contributed by atoms with E-state index in [2.05, 4.69) is 67.0 Å². The number of allylic oxidation sites excluding steroid dienone is 4. The van der Waals surface area contributed by atoms with Crippen molar-refractivity contribution in [2.24, 2.45) is 5.92 Å². The number of hydrogen-bond donors (Lipinski definition) is 0. The van der Waals surface area contributed by atoms with E-state index in [1.807, 2.05) is 0 Å². The zero-order chi connectivity index (χ0) is 22.5. The summed E-state index contributed by atoms with van der Waals surface area (Å²) in [5.41, 5.74) is 7.65. The Hall–Kier alpha value is -2.33. The molecule has 1 atom stereocenters. The number of rotatable bonds is 6. The monoisotopic (exact) mass is 434 g/mol. The van der Waals surface area contributed by atoms with Crippen LogP contribution in [0.4, 0.5) is 5.69 Å². The first kappa shape index (κ1) is 22.8. The summed E-state index contributed by atoms with van der Waals surface area (Å²) in [7, 11) is 0. The molecule has 172 valence electrons. The number of nitrogens with zero attached hydrogens (tertiary/aromatic N) is 2.